The van der Waals surface area contributed by atoms with Crippen molar-refractivity contribution in [3.63, 3.8) is 0 Å². The van der Waals surface area contributed by atoms with E-state index in [9.17, 15) is 8.42 Å². The molecule has 23 heavy (non-hydrogen) atoms. The molecule has 6 heteroatoms. The molecule has 0 saturated carbocycles. The molecule has 3 rings (SSSR count). The minimum absolute atomic E-state index is 0.263. The largest absolute Gasteiger partial charge is 0.359 e. The fourth-order valence-electron chi connectivity index (χ4n) is 3.54. The summed E-state index contributed by atoms with van der Waals surface area (Å²) in [6, 6.07) is 5.40. The number of sulfonamides is 1. The Morgan fingerprint density at radius 1 is 1.13 bits per heavy atom. The van der Waals surface area contributed by atoms with Crippen LogP contribution >= 0.6 is 0 Å². The molecule has 0 bridgehead atoms. The Morgan fingerprint density at radius 2 is 1.78 bits per heavy atom. The summed E-state index contributed by atoms with van der Waals surface area (Å²) in [5, 5.41) is 3.90. The quantitative estimate of drug-likeness (QED) is 0.862. The minimum atomic E-state index is -3.56. The molecule has 0 spiro atoms. The van der Waals surface area contributed by atoms with Gasteiger partial charge in [-0.3, -0.25) is 0 Å². The molecule has 0 amide bonds. The third-order valence-corrected chi connectivity index (χ3v) is 6.56. The van der Waals surface area contributed by atoms with E-state index in [0.29, 0.717) is 17.2 Å². The van der Waals surface area contributed by atoms with Crippen LogP contribution in [0.3, 0.4) is 0 Å². The fraction of sp³-hybridized carbons (Fsp3) is 0.471. The average Bonchev–Trinajstić information content (AvgIpc) is 3.05. The van der Waals surface area contributed by atoms with Gasteiger partial charge in [0.15, 0.2) is 5.76 Å². The lowest BCUT2D eigenvalue weighted by atomic mass is 10.1. The van der Waals surface area contributed by atoms with Crippen LogP contribution in [0.5, 0.6) is 0 Å². The zero-order chi connectivity index (χ0) is 16.8. The summed E-state index contributed by atoms with van der Waals surface area (Å²) in [6.07, 6.45) is 1.59. The highest BCUT2D eigenvalue weighted by atomic mass is 32.2. The first-order valence-corrected chi connectivity index (χ1v) is 9.27. The molecule has 0 N–H and O–H groups in total. The highest BCUT2D eigenvalue weighted by molar-refractivity contribution is 7.89. The predicted octanol–water partition coefficient (Wildman–Crippen LogP) is 3.43. The Morgan fingerprint density at radius 3 is 2.35 bits per heavy atom. The number of aryl methyl sites for hydroxylation is 4. The standard InChI is InChI=1S/C17H22N2O3S/c1-11-8-12(2)17(13(3)9-11)23(20,21)19-7-5-6-15(19)16-10-14(4)18-22-16/h8-10,15H,5-7H2,1-4H3/t15-/m0/s1. The van der Waals surface area contributed by atoms with Gasteiger partial charge < -0.3 is 4.52 Å². The summed E-state index contributed by atoms with van der Waals surface area (Å²) in [5.74, 6) is 0.631. The van der Waals surface area contributed by atoms with Gasteiger partial charge >= 0.3 is 0 Å². The third kappa shape index (κ3) is 2.81. The zero-order valence-electron chi connectivity index (χ0n) is 14.0. The van der Waals surface area contributed by atoms with Crippen molar-refractivity contribution in [2.75, 3.05) is 6.54 Å². The molecule has 124 valence electrons. The van der Waals surface area contributed by atoms with Crippen LogP contribution in [0.4, 0.5) is 0 Å². The van der Waals surface area contributed by atoms with Gasteiger partial charge in [-0.05, 0) is 51.7 Å². The highest BCUT2D eigenvalue weighted by Crippen LogP contribution is 2.38. The van der Waals surface area contributed by atoms with Gasteiger partial charge in [0.2, 0.25) is 10.0 Å². The van der Waals surface area contributed by atoms with Crippen LogP contribution in [0, 0.1) is 27.7 Å². The zero-order valence-corrected chi connectivity index (χ0v) is 14.8. The van der Waals surface area contributed by atoms with Crippen molar-refractivity contribution in [1.29, 1.82) is 0 Å². The second kappa shape index (κ2) is 5.76. The molecule has 1 fully saturated rings. The average molecular weight is 334 g/mol. The summed E-state index contributed by atoms with van der Waals surface area (Å²) < 4.78 is 33.4. The van der Waals surface area contributed by atoms with E-state index < -0.39 is 10.0 Å². The molecular weight excluding hydrogens is 312 g/mol. The number of nitrogens with zero attached hydrogens (tertiary/aromatic N) is 2. The lowest BCUT2D eigenvalue weighted by Crippen LogP contribution is -2.31. The lowest BCUT2D eigenvalue weighted by Gasteiger charge is -2.24. The monoisotopic (exact) mass is 334 g/mol. The minimum Gasteiger partial charge on any atom is -0.359 e. The molecule has 1 aliphatic heterocycles. The van der Waals surface area contributed by atoms with Crippen molar-refractivity contribution in [1.82, 2.24) is 9.46 Å². The van der Waals surface area contributed by atoms with E-state index in [1.165, 1.54) is 0 Å². The SMILES string of the molecule is Cc1cc(C)c(S(=O)(=O)N2CCC[C@H]2c2cc(C)no2)c(C)c1. The van der Waals surface area contributed by atoms with Gasteiger partial charge in [0, 0.05) is 12.6 Å². The molecule has 1 aromatic carbocycles. The van der Waals surface area contributed by atoms with E-state index in [2.05, 4.69) is 5.16 Å². The second-order valence-corrected chi connectivity index (χ2v) is 8.20. The van der Waals surface area contributed by atoms with Crippen molar-refractivity contribution >= 4 is 10.0 Å². The maximum atomic E-state index is 13.2. The molecule has 0 unspecified atom stereocenters. The van der Waals surface area contributed by atoms with Gasteiger partial charge in [-0.15, -0.1) is 0 Å². The Kier molecular flexibility index (Phi) is 4.06. The van der Waals surface area contributed by atoms with Crippen molar-refractivity contribution in [3.8, 4) is 0 Å². The summed E-state index contributed by atoms with van der Waals surface area (Å²) in [4.78, 5) is 0.422. The van der Waals surface area contributed by atoms with E-state index in [0.717, 1.165) is 35.2 Å². The molecule has 1 saturated heterocycles. The van der Waals surface area contributed by atoms with E-state index in [1.807, 2.05) is 45.9 Å². The van der Waals surface area contributed by atoms with Gasteiger partial charge in [0.05, 0.1) is 16.6 Å². The number of hydrogen-bond acceptors (Lipinski definition) is 4. The van der Waals surface area contributed by atoms with Crippen LogP contribution in [0.15, 0.2) is 27.6 Å². The molecule has 1 aromatic heterocycles. The van der Waals surface area contributed by atoms with Gasteiger partial charge in [-0.1, -0.05) is 22.9 Å². The number of rotatable bonds is 3. The van der Waals surface area contributed by atoms with Gasteiger partial charge in [0.25, 0.3) is 0 Å². The van der Waals surface area contributed by atoms with Crippen molar-refractivity contribution in [3.05, 3.63) is 46.3 Å². The van der Waals surface area contributed by atoms with Crippen molar-refractivity contribution in [2.24, 2.45) is 0 Å². The van der Waals surface area contributed by atoms with E-state index in [-0.39, 0.29) is 6.04 Å². The Labute approximate surface area is 137 Å². The highest BCUT2D eigenvalue weighted by Gasteiger charge is 2.39. The molecule has 2 aromatic rings. The van der Waals surface area contributed by atoms with Crippen LogP contribution in [0.2, 0.25) is 0 Å². The van der Waals surface area contributed by atoms with E-state index >= 15 is 0 Å². The Balaban J connectivity index is 2.06. The third-order valence-electron chi connectivity index (χ3n) is 4.35. The van der Waals surface area contributed by atoms with E-state index in [4.69, 9.17) is 4.52 Å². The molecule has 0 aliphatic carbocycles. The van der Waals surface area contributed by atoms with Crippen LogP contribution in [0.1, 0.15) is 47.0 Å². The van der Waals surface area contributed by atoms with Gasteiger partial charge in [-0.2, -0.15) is 4.31 Å². The van der Waals surface area contributed by atoms with Gasteiger partial charge in [0.1, 0.15) is 0 Å². The van der Waals surface area contributed by atoms with Crippen molar-refractivity contribution < 1.29 is 12.9 Å². The van der Waals surface area contributed by atoms with E-state index in [1.54, 1.807) is 4.31 Å². The first-order chi connectivity index (χ1) is 10.8. The van der Waals surface area contributed by atoms with Crippen LogP contribution in [0.25, 0.3) is 0 Å². The van der Waals surface area contributed by atoms with Gasteiger partial charge in [-0.25, -0.2) is 8.42 Å². The first kappa shape index (κ1) is 16.2. The predicted molar refractivity (Wildman–Crippen MR) is 87.8 cm³/mol. The molecule has 5 nitrogen and oxygen atoms in total. The normalized spacial score (nSPS) is 19.4. The fourth-order valence-corrected chi connectivity index (χ4v) is 5.62. The molecule has 0 radical (unpaired) electrons. The summed E-state index contributed by atoms with van der Waals surface area (Å²) in [5.41, 5.74) is 3.43. The smallest absolute Gasteiger partial charge is 0.244 e. The van der Waals surface area contributed by atoms with Crippen LogP contribution in [-0.2, 0) is 10.0 Å². The Bertz CT molecular complexity index is 816. The molecule has 2 heterocycles. The summed E-state index contributed by atoms with van der Waals surface area (Å²) in [7, 11) is -3.56. The van der Waals surface area contributed by atoms with Crippen molar-refractivity contribution in [2.45, 2.75) is 51.5 Å². The molecule has 1 atom stereocenters. The van der Waals surface area contributed by atoms with Crippen LogP contribution < -0.4 is 0 Å². The molecule has 1 aliphatic rings. The number of benzene rings is 1. The topological polar surface area (TPSA) is 63.4 Å². The maximum Gasteiger partial charge on any atom is 0.244 e. The lowest BCUT2D eigenvalue weighted by molar-refractivity contribution is 0.297. The first-order valence-electron chi connectivity index (χ1n) is 7.83. The molecular formula is C17H22N2O3S. The number of hydrogen-bond donors (Lipinski definition) is 0. The number of aromatic nitrogens is 1. The van der Waals surface area contributed by atoms with Crippen LogP contribution in [-0.4, -0.2) is 24.4 Å². The summed E-state index contributed by atoms with van der Waals surface area (Å²) in [6.45, 7) is 8.05. The maximum absolute atomic E-state index is 13.2. The second-order valence-electron chi connectivity index (χ2n) is 6.37. The summed E-state index contributed by atoms with van der Waals surface area (Å²) >= 11 is 0. The Hall–Kier alpha value is -1.66.